The van der Waals surface area contributed by atoms with Gasteiger partial charge in [-0.25, -0.2) is 9.78 Å². The molecule has 0 unspecified atom stereocenters. The van der Waals surface area contributed by atoms with E-state index in [9.17, 15) is 22.8 Å². The molecule has 1 aromatic carbocycles. The standard InChI is InChI=1S/C18H13ClF3N7O2/c19-10-2-1-3-11(5-10)25-13-6-14(23-8-18(20,21)22)29-15(27-13)9(7-24-29)4-12-16(30)28-17(31)26-12/h1-7,23H,8H2,(H,25,27)(H2,26,28,30,31)/b12-4-. The molecule has 13 heteroatoms. The van der Waals surface area contributed by atoms with Gasteiger partial charge in [-0.2, -0.15) is 22.8 Å². The SMILES string of the molecule is O=C1NC(=O)/C(=C/c2cnn3c(NCC(F)(F)F)cc(Nc4cccc(Cl)c4)nc23)N1. The molecule has 3 aromatic rings. The number of urea groups is 1. The number of aromatic nitrogens is 3. The van der Waals surface area contributed by atoms with Gasteiger partial charge in [0.05, 0.1) is 6.20 Å². The third-order valence-electron chi connectivity index (χ3n) is 4.09. The number of carbonyl (C=O) groups excluding carboxylic acids is 2. The Labute approximate surface area is 177 Å². The summed E-state index contributed by atoms with van der Waals surface area (Å²) in [5.74, 6) is -0.427. The van der Waals surface area contributed by atoms with Crippen LogP contribution in [-0.4, -0.2) is 39.3 Å². The number of carbonyl (C=O) groups is 2. The van der Waals surface area contributed by atoms with Crippen LogP contribution in [0.15, 0.2) is 42.2 Å². The Balaban J connectivity index is 1.77. The minimum Gasteiger partial charge on any atom is -0.361 e. The molecule has 3 heterocycles. The summed E-state index contributed by atoms with van der Waals surface area (Å²) in [7, 11) is 0. The minimum atomic E-state index is -4.46. The number of imide groups is 1. The fourth-order valence-electron chi connectivity index (χ4n) is 2.81. The first-order valence-corrected chi connectivity index (χ1v) is 9.12. The first-order valence-electron chi connectivity index (χ1n) is 8.74. The molecule has 31 heavy (non-hydrogen) atoms. The van der Waals surface area contributed by atoms with Crippen molar-refractivity contribution in [1.82, 2.24) is 25.2 Å². The highest BCUT2D eigenvalue weighted by molar-refractivity contribution is 6.30. The van der Waals surface area contributed by atoms with Gasteiger partial charge in [0.25, 0.3) is 5.91 Å². The van der Waals surface area contributed by atoms with Gasteiger partial charge in [0.15, 0.2) is 5.65 Å². The molecule has 9 nitrogen and oxygen atoms in total. The van der Waals surface area contributed by atoms with Gasteiger partial charge in [0, 0.05) is 22.3 Å². The molecule has 4 rings (SSSR count). The average Bonchev–Trinajstić information content (AvgIpc) is 3.22. The molecular weight excluding hydrogens is 439 g/mol. The number of rotatable bonds is 5. The van der Waals surface area contributed by atoms with Crippen LogP contribution in [0.4, 0.5) is 35.3 Å². The van der Waals surface area contributed by atoms with E-state index >= 15 is 0 Å². The van der Waals surface area contributed by atoms with Gasteiger partial charge >= 0.3 is 12.2 Å². The summed E-state index contributed by atoms with van der Waals surface area (Å²) in [6.45, 7) is -1.29. The van der Waals surface area contributed by atoms with Crippen LogP contribution >= 0.6 is 11.6 Å². The number of hydrogen-bond donors (Lipinski definition) is 4. The van der Waals surface area contributed by atoms with Gasteiger partial charge in [0.1, 0.15) is 23.9 Å². The smallest absolute Gasteiger partial charge is 0.361 e. The first-order chi connectivity index (χ1) is 14.7. The summed E-state index contributed by atoms with van der Waals surface area (Å²) in [4.78, 5) is 27.5. The molecule has 0 saturated carbocycles. The summed E-state index contributed by atoms with van der Waals surface area (Å²) >= 11 is 5.97. The molecule has 0 radical (unpaired) electrons. The third kappa shape index (κ3) is 4.69. The minimum absolute atomic E-state index is 0.0106. The monoisotopic (exact) mass is 451 g/mol. The van der Waals surface area contributed by atoms with E-state index in [4.69, 9.17) is 11.6 Å². The molecule has 1 fully saturated rings. The van der Waals surface area contributed by atoms with Gasteiger partial charge < -0.3 is 16.0 Å². The van der Waals surface area contributed by atoms with Crippen LogP contribution in [0.2, 0.25) is 5.02 Å². The number of amides is 3. The second-order valence-electron chi connectivity index (χ2n) is 6.43. The highest BCUT2D eigenvalue weighted by Gasteiger charge is 2.28. The Bertz CT molecular complexity index is 1220. The van der Waals surface area contributed by atoms with Gasteiger partial charge in [-0.1, -0.05) is 17.7 Å². The van der Waals surface area contributed by atoms with E-state index in [1.165, 1.54) is 18.3 Å². The Morgan fingerprint density at radius 1 is 1.19 bits per heavy atom. The molecule has 0 bridgehead atoms. The zero-order valence-corrected chi connectivity index (χ0v) is 16.2. The quantitative estimate of drug-likeness (QED) is 0.350. The van der Waals surface area contributed by atoms with Crippen molar-refractivity contribution in [3.8, 4) is 0 Å². The van der Waals surface area contributed by atoms with Gasteiger partial charge in [-0.15, -0.1) is 0 Å². The summed E-state index contributed by atoms with van der Waals surface area (Å²) < 4.78 is 39.4. The van der Waals surface area contributed by atoms with E-state index in [0.717, 1.165) is 4.52 Å². The molecule has 3 amide bonds. The number of anilines is 3. The number of fused-ring (bicyclic) bond motifs is 1. The number of nitrogens with zero attached hydrogens (tertiary/aromatic N) is 3. The van der Waals surface area contributed by atoms with Crippen molar-refractivity contribution >= 4 is 52.6 Å². The lowest BCUT2D eigenvalue weighted by molar-refractivity contribution is -0.116. The highest BCUT2D eigenvalue weighted by atomic mass is 35.5. The lowest BCUT2D eigenvalue weighted by Crippen LogP contribution is -2.22. The molecule has 2 aromatic heterocycles. The Hall–Kier alpha value is -3.80. The number of nitrogens with one attached hydrogen (secondary N) is 4. The van der Waals surface area contributed by atoms with Crippen molar-refractivity contribution in [3.05, 3.63) is 52.8 Å². The summed E-state index contributed by atoms with van der Waals surface area (Å²) in [6, 6.07) is 7.36. The third-order valence-corrected chi connectivity index (χ3v) is 4.32. The topological polar surface area (TPSA) is 112 Å². The second kappa shape index (κ2) is 7.80. The molecule has 1 saturated heterocycles. The molecule has 1 aliphatic rings. The van der Waals surface area contributed by atoms with Gasteiger partial charge in [-0.3, -0.25) is 10.1 Å². The maximum atomic E-state index is 12.8. The van der Waals surface area contributed by atoms with Crippen molar-refractivity contribution in [2.24, 2.45) is 0 Å². The van der Waals surface area contributed by atoms with Crippen LogP contribution in [0.1, 0.15) is 5.56 Å². The number of halogens is 4. The maximum absolute atomic E-state index is 12.8. The van der Waals surface area contributed by atoms with Crippen molar-refractivity contribution in [3.63, 3.8) is 0 Å². The maximum Gasteiger partial charge on any atom is 0.405 e. The molecule has 0 spiro atoms. The van der Waals surface area contributed by atoms with Crippen LogP contribution in [0.5, 0.6) is 0 Å². The summed E-state index contributed by atoms with van der Waals surface area (Å²) in [5.41, 5.74) is 0.975. The van der Waals surface area contributed by atoms with E-state index in [1.807, 2.05) is 0 Å². The van der Waals surface area contributed by atoms with Gasteiger partial charge in [0.2, 0.25) is 0 Å². The van der Waals surface area contributed by atoms with Crippen LogP contribution in [0.3, 0.4) is 0 Å². The molecule has 4 N–H and O–H groups in total. The predicted octanol–water partition coefficient (Wildman–Crippen LogP) is 3.28. The lowest BCUT2D eigenvalue weighted by atomic mass is 10.2. The van der Waals surface area contributed by atoms with Crippen molar-refractivity contribution in [1.29, 1.82) is 0 Å². The average molecular weight is 452 g/mol. The number of hydrogen-bond acceptors (Lipinski definition) is 6. The predicted molar refractivity (Wildman–Crippen MR) is 107 cm³/mol. The van der Waals surface area contributed by atoms with E-state index in [0.29, 0.717) is 16.3 Å². The van der Waals surface area contributed by atoms with Crippen LogP contribution < -0.4 is 21.3 Å². The highest BCUT2D eigenvalue weighted by Crippen LogP contribution is 2.25. The van der Waals surface area contributed by atoms with E-state index in [-0.39, 0.29) is 23.0 Å². The zero-order chi connectivity index (χ0) is 22.2. The lowest BCUT2D eigenvalue weighted by Gasteiger charge is -2.13. The zero-order valence-electron chi connectivity index (χ0n) is 15.4. The Morgan fingerprint density at radius 3 is 2.68 bits per heavy atom. The van der Waals surface area contributed by atoms with Crippen LogP contribution in [-0.2, 0) is 4.79 Å². The summed E-state index contributed by atoms with van der Waals surface area (Å²) in [6.07, 6.45) is -1.82. The fourth-order valence-corrected chi connectivity index (χ4v) is 3.00. The molecule has 1 aliphatic heterocycles. The summed E-state index contributed by atoms with van der Waals surface area (Å²) in [5, 5.41) is 14.2. The van der Waals surface area contributed by atoms with Gasteiger partial charge in [-0.05, 0) is 24.3 Å². The van der Waals surface area contributed by atoms with Crippen molar-refractivity contribution in [2.75, 3.05) is 17.2 Å². The van der Waals surface area contributed by atoms with Crippen molar-refractivity contribution in [2.45, 2.75) is 6.18 Å². The largest absolute Gasteiger partial charge is 0.405 e. The number of alkyl halides is 3. The number of benzene rings is 1. The fraction of sp³-hybridized carbons (Fsp3) is 0.111. The van der Waals surface area contributed by atoms with E-state index in [2.05, 4.69) is 31.3 Å². The molecule has 0 aliphatic carbocycles. The molecular formula is C18H13ClF3N7O2. The molecule has 160 valence electrons. The van der Waals surface area contributed by atoms with Crippen molar-refractivity contribution < 1.29 is 22.8 Å². The Kier molecular flexibility index (Phi) is 5.15. The Morgan fingerprint density at radius 2 is 2.00 bits per heavy atom. The first kappa shape index (κ1) is 20.5. The normalized spacial score (nSPS) is 15.3. The van der Waals surface area contributed by atoms with E-state index in [1.54, 1.807) is 24.3 Å². The van der Waals surface area contributed by atoms with Crippen LogP contribution in [0, 0.1) is 0 Å². The van der Waals surface area contributed by atoms with Crippen LogP contribution in [0.25, 0.3) is 11.7 Å². The molecule has 0 atom stereocenters. The van der Waals surface area contributed by atoms with E-state index < -0.39 is 24.7 Å². The second-order valence-corrected chi connectivity index (χ2v) is 6.87.